The van der Waals surface area contributed by atoms with Gasteiger partial charge in [-0.25, -0.2) is 0 Å². The van der Waals surface area contributed by atoms with Crippen molar-refractivity contribution in [3.8, 4) is 0 Å². The number of nitrogens with zero attached hydrogens (tertiary/aromatic N) is 2. The fourth-order valence-corrected chi connectivity index (χ4v) is 3.23. The molecule has 0 radical (unpaired) electrons. The Labute approximate surface area is 98.5 Å². The minimum Gasteiger partial charge on any atom is -0.330 e. The van der Waals surface area contributed by atoms with Gasteiger partial charge in [0.15, 0.2) is 0 Å². The average molecular weight is 237 g/mol. The molecular weight excluding hydrogens is 222 g/mol. The van der Waals surface area contributed by atoms with Gasteiger partial charge in [-0.2, -0.15) is 0 Å². The number of carbonyl (C=O) groups excluding carboxylic acids is 1. The third kappa shape index (κ3) is 1.64. The lowest BCUT2D eigenvalue weighted by atomic mass is 9.95. The number of aromatic nitrogens is 1. The zero-order chi connectivity index (χ0) is 11.1. The summed E-state index contributed by atoms with van der Waals surface area (Å²) in [5, 5.41) is 0. The maximum Gasteiger partial charge on any atom is 0.223 e. The Morgan fingerprint density at radius 1 is 1.44 bits per heavy atom. The summed E-state index contributed by atoms with van der Waals surface area (Å²) in [5.41, 5.74) is 7.99. The molecule has 1 saturated carbocycles. The molecule has 16 heavy (non-hydrogen) atoms. The summed E-state index contributed by atoms with van der Waals surface area (Å²) in [6, 6.07) is 0.575. The van der Waals surface area contributed by atoms with Crippen LogP contribution in [0.4, 0.5) is 0 Å². The minimum atomic E-state index is 0.0683. The highest BCUT2D eigenvalue weighted by Gasteiger charge is 2.43. The summed E-state index contributed by atoms with van der Waals surface area (Å²) in [5.74, 6) is 0.266. The SMILES string of the molecule is NC1CCC(=O)N(C2CC2)C1c1cncs1. The molecule has 2 unspecified atom stereocenters. The van der Waals surface area contributed by atoms with Crippen LogP contribution in [-0.2, 0) is 4.79 Å². The summed E-state index contributed by atoms with van der Waals surface area (Å²) in [4.78, 5) is 19.2. The molecule has 3 rings (SSSR count). The Morgan fingerprint density at radius 2 is 2.25 bits per heavy atom. The van der Waals surface area contributed by atoms with Gasteiger partial charge in [0.25, 0.3) is 0 Å². The summed E-state index contributed by atoms with van der Waals surface area (Å²) in [6.07, 6.45) is 5.52. The zero-order valence-electron chi connectivity index (χ0n) is 9.00. The van der Waals surface area contributed by atoms with Gasteiger partial charge >= 0.3 is 0 Å². The highest BCUT2D eigenvalue weighted by molar-refractivity contribution is 7.09. The number of piperidine rings is 1. The highest BCUT2D eigenvalue weighted by Crippen LogP contribution is 2.40. The van der Waals surface area contributed by atoms with Gasteiger partial charge < -0.3 is 10.6 Å². The smallest absolute Gasteiger partial charge is 0.223 e. The molecule has 2 fully saturated rings. The van der Waals surface area contributed by atoms with Crippen molar-refractivity contribution in [3.63, 3.8) is 0 Å². The van der Waals surface area contributed by atoms with Gasteiger partial charge in [-0.1, -0.05) is 0 Å². The van der Waals surface area contributed by atoms with Crippen LogP contribution in [0.15, 0.2) is 11.7 Å². The van der Waals surface area contributed by atoms with Crippen molar-refractivity contribution in [1.82, 2.24) is 9.88 Å². The van der Waals surface area contributed by atoms with E-state index in [9.17, 15) is 4.79 Å². The minimum absolute atomic E-state index is 0.0683. The maximum absolute atomic E-state index is 12.0. The molecule has 0 aromatic carbocycles. The number of hydrogen-bond acceptors (Lipinski definition) is 4. The van der Waals surface area contributed by atoms with Gasteiger partial charge in [-0.05, 0) is 19.3 Å². The largest absolute Gasteiger partial charge is 0.330 e. The average Bonchev–Trinajstić information content (AvgIpc) is 2.97. The normalized spacial score (nSPS) is 30.8. The van der Waals surface area contributed by atoms with Crippen molar-refractivity contribution in [2.45, 2.75) is 43.8 Å². The van der Waals surface area contributed by atoms with Crippen molar-refractivity contribution in [3.05, 3.63) is 16.6 Å². The van der Waals surface area contributed by atoms with Gasteiger partial charge in [0.2, 0.25) is 5.91 Å². The molecule has 1 amide bonds. The Kier molecular flexibility index (Phi) is 2.44. The second-order valence-electron chi connectivity index (χ2n) is 4.58. The van der Waals surface area contributed by atoms with Crippen molar-refractivity contribution in [1.29, 1.82) is 0 Å². The second kappa shape index (κ2) is 3.82. The lowest BCUT2D eigenvalue weighted by molar-refractivity contribution is -0.138. The zero-order valence-corrected chi connectivity index (χ0v) is 9.82. The summed E-state index contributed by atoms with van der Waals surface area (Å²) >= 11 is 1.60. The lowest BCUT2D eigenvalue weighted by Crippen LogP contribution is -2.49. The van der Waals surface area contributed by atoms with E-state index in [1.54, 1.807) is 11.3 Å². The quantitative estimate of drug-likeness (QED) is 0.843. The molecule has 0 bridgehead atoms. The van der Waals surface area contributed by atoms with E-state index in [0.717, 1.165) is 24.1 Å². The van der Waals surface area contributed by atoms with Crippen LogP contribution in [0.3, 0.4) is 0 Å². The monoisotopic (exact) mass is 237 g/mol. The van der Waals surface area contributed by atoms with Crippen LogP contribution in [0.5, 0.6) is 0 Å². The Balaban J connectivity index is 1.93. The first-order chi connectivity index (χ1) is 7.77. The van der Waals surface area contributed by atoms with Crippen LogP contribution in [0.2, 0.25) is 0 Å². The van der Waals surface area contributed by atoms with E-state index in [-0.39, 0.29) is 18.0 Å². The fourth-order valence-electron chi connectivity index (χ4n) is 2.44. The maximum atomic E-state index is 12.0. The van der Waals surface area contributed by atoms with E-state index in [1.165, 1.54) is 0 Å². The molecule has 1 aromatic heterocycles. The van der Waals surface area contributed by atoms with Crippen LogP contribution in [-0.4, -0.2) is 27.9 Å². The number of thiazole rings is 1. The number of amides is 1. The Bertz CT molecular complexity index is 388. The first-order valence-electron chi connectivity index (χ1n) is 5.72. The van der Waals surface area contributed by atoms with Gasteiger partial charge in [0.1, 0.15) is 0 Å². The first-order valence-corrected chi connectivity index (χ1v) is 6.60. The van der Waals surface area contributed by atoms with Crippen molar-refractivity contribution in [2.24, 2.45) is 5.73 Å². The van der Waals surface area contributed by atoms with E-state index < -0.39 is 0 Å². The standard InChI is InChI=1S/C11H15N3OS/c12-8-3-4-10(15)14(7-1-2-7)11(8)9-5-13-6-16-9/h5-8,11H,1-4,12H2. The van der Waals surface area contributed by atoms with E-state index in [1.807, 2.05) is 16.6 Å². The van der Waals surface area contributed by atoms with Gasteiger partial charge in [0, 0.05) is 29.6 Å². The lowest BCUT2D eigenvalue weighted by Gasteiger charge is -2.39. The van der Waals surface area contributed by atoms with Gasteiger partial charge in [-0.15, -0.1) is 11.3 Å². The molecule has 2 N–H and O–H groups in total. The van der Waals surface area contributed by atoms with Crippen molar-refractivity contribution in [2.75, 3.05) is 0 Å². The summed E-state index contributed by atoms with van der Waals surface area (Å²) < 4.78 is 0. The summed E-state index contributed by atoms with van der Waals surface area (Å²) in [7, 11) is 0. The van der Waals surface area contributed by atoms with E-state index >= 15 is 0 Å². The number of likely N-dealkylation sites (tertiary alicyclic amines) is 1. The second-order valence-corrected chi connectivity index (χ2v) is 5.50. The topological polar surface area (TPSA) is 59.2 Å². The van der Waals surface area contributed by atoms with E-state index in [2.05, 4.69) is 4.98 Å². The van der Waals surface area contributed by atoms with Crippen LogP contribution in [0, 0.1) is 0 Å². The van der Waals surface area contributed by atoms with E-state index in [4.69, 9.17) is 5.73 Å². The van der Waals surface area contributed by atoms with Gasteiger partial charge in [0.05, 0.1) is 11.6 Å². The van der Waals surface area contributed by atoms with Gasteiger partial charge in [-0.3, -0.25) is 9.78 Å². The molecule has 5 heteroatoms. The number of hydrogen-bond donors (Lipinski definition) is 1. The predicted molar refractivity (Wildman–Crippen MR) is 61.9 cm³/mol. The van der Waals surface area contributed by atoms with Crippen molar-refractivity contribution >= 4 is 17.2 Å². The molecular formula is C11H15N3OS. The van der Waals surface area contributed by atoms with Crippen molar-refractivity contribution < 1.29 is 4.79 Å². The molecule has 1 aromatic rings. The van der Waals surface area contributed by atoms with Crippen LogP contribution in [0.25, 0.3) is 0 Å². The van der Waals surface area contributed by atoms with Crippen LogP contribution < -0.4 is 5.73 Å². The highest BCUT2D eigenvalue weighted by atomic mass is 32.1. The molecule has 1 aliphatic heterocycles. The molecule has 2 atom stereocenters. The Hall–Kier alpha value is -0.940. The Morgan fingerprint density at radius 3 is 2.88 bits per heavy atom. The molecule has 2 aliphatic rings. The number of carbonyl (C=O) groups is 1. The van der Waals surface area contributed by atoms with Crippen LogP contribution >= 0.6 is 11.3 Å². The van der Waals surface area contributed by atoms with Crippen LogP contribution in [0.1, 0.15) is 36.6 Å². The summed E-state index contributed by atoms with van der Waals surface area (Å²) in [6.45, 7) is 0. The molecule has 0 spiro atoms. The predicted octanol–water partition coefficient (Wildman–Crippen LogP) is 1.30. The third-order valence-corrected chi connectivity index (χ3v) is 4.21. The molecule has 1 aliphatic carbocycles. The molecule has 1 saturated heterocycles. The molecule has 4 nitrogen and oxygen atoms in total. The third-order valence-electron chi connectivity index (χ3n) is 3.37. The number of nitrogens with two attached hydrogens (primary N) is 1. The first kappa shape index (κ1) is 10.2. The fraction of sp³-hybridized carbons (Fsp3) is 0.636. The molecule has 2 heterocycles. The number of rotatable bonds is 2. The van der Waals surface area contributed by atoms with E-state index in [0.29, 0.717) is 12.5 Å². The molecule has 86 valence electrons.